The number of rotatable bonds is 7. The van der Waals surface area contributed by atoms with Crippen LogP contribution in [0.25, 0.3) is 0 Å². The number of nitrogens with one attached hydrogen (secondary N) is 1. The van der Waals surface area contributed by atoms with Crippen LogP contribution in [-0.4, -0.2) is 28.4 Å². The monoisotopic (exact) mass is 293 g/mol. The Labute approximate surface area is 123 Å². The molecule has 20 heavy (non-hydrogen) atoms. The van der Waals surface area contributed by atoms with Gasteiger partial charge in [-0.3, -0.25) is 0 Å². The van der Waals surface area contributed by atoms with Crippen molar-refractivity contribution in [3.63, 3.8) is 0 Å². The van der Waals surface area contributed by atoms with Crippen LogP contribution in [0.3, 0.4) is 0 Å². The number of nitrogens with zero attached hydrogens (tertiary/aromatic N) is 2. The highest BCUT2D eigenvalue weighted by Gasteiger charge is 2.09. The molecule has 0 aliphatic carbocycles. The molecule has 0 saturated carbocycles. The SMILES string of the molecule is CNC(CCc1nccn1C)CSc1cccc(F)c1. The van der Waals surface area contributed by atoms with Gasteiger partial charge < -0.3 is 9.88 Å². The number of hydrogen-bond donors (Lipinski definition) is 1. The molecule has 1 atom stereocenters. The van der Waals surface area contributed by atoms with Crippen LogP contribution < -0.4 is 5.32 Å². The Morgan fingerprint density at radius 3 is 2.95 bits per heavy atom. The first-order valence-electron chi connectivity index (χ1n) is 6.71. The fourth-order valence-electron chi connectivity index (χ4n) is 2.01. The standard InChI is InChI=1S/C15H20FN3S/c1-17-13(6-7-15-18-8-9-19(15)2)11-20-14-5-3-4-12(16)10-14/h3-5,8-10,13,17H,6-7,11H2,1-2H3. The van der Waals surface area contributed by atoms with Crippen molar-refractivity contribution in [1.29, 1.82) is 0 Å². The van der Waals surface area contributed by atoms with E-state index < -0.39 is 0 Å². The van der Waals surface area contributed by atoms with Gasteiger partial charge >= 0.3 is 0 Å². The molecule has 0 amide bonds. The molecular formula is C15H20FN3S. The lowest BCUT2D eigenvalue weighted by atomic mass is 10.2. The fourth-order valence-corrected chi connectivity index (χ4v) is 3.10. The van der Waals surface area contributed by atoms with Gasteiger partial charge in [0, 0.05) is 42.6 Å². The van der Waals surface area contributed by atoms with Crippen molar-refractivity contribution >= 4 is 11.8 Å². The lowest BCUT2D eigenvalue weighted by molar-refractivity contribution is 0.557. The molecule has 1 heterocycles. The van der Waals surface area contributed by atoms with E-state index in [4.69, 9.17) is 0 Å². The first kappa shape index (κ1) is 15.1. The second-order valence-electron chi connectivity index (χ2n) is 4.75. The number of hydrogen-bond acceptors (Lipinski definition) is 3. The predicted molar refractivity (Wildman–Crippen MR) is 81.5 cm³/mol. The summed E-state index contributed by atoms with van der Waals surface area (Å²) in [6.07, 6.45) is 5.75. The molecule has 0 radical (unpaired) electrons. The number of thioether (sulfide) groups is 1. The zero-order valence-corrected chi connectivity index (χ0v) is 12.7. The van der Waals surface area contributed by atoms with Gasteiger partial charge in [0.25, 0.3) is 0 Å². The molecule has 1 aromatic heterocycles. The van der Waals surface area contributed by atoms with E-state index in [2.05, 4.69) is 10.3 Å². The summed E-state index contributed by atoms with van der Waals surface area (Å²) in [6.45, 7) is 0. The molecule has 3 nitrogen and oxygen atoms in total. The normalized spacial score (nSPS) is 12.6. The van der Waals surface area contributed by atoms with Gasteiger partial charge in [-0.05, 0) is 31.7 Å². The third kappa shape index (κ3) is 4.35. The predicted octanol–water partition coefficient (Wildman–Crippen LogP) is 2.87. The van der Waals surface area contributed by atoms with Crippen molar-refractivity contribution in [3.8, 4) is 0 Å². The quantitative estimate of drug-likeness (QED) is 0.796. The second-order valence-corrected chi connectivity index (χ2v) is 5.84. The van der Waals surface area contributed by atoms with E-state index in [0.717, 1.165) is 29.3 Å². The number of aryl methyl sites for hydroxylation is 2. The van der Waals surface area contributed by atoms with Gasteiger partial charge in [0.1, 0.15) is 11.6 Å². The number of halogens is 1. The summed E-state index contributed by atoms with van der Waals surface area (Å²) < 4.78 is 15.2. The summed E-state index contributed by atoms with van der Waals surface area (Å²) in [4.78, 5) is 5.31. The summed E-state index contributed by atoms with van der Waals surface area (Å²) >= 11 is 1.68. The van der Waals surface area contributed by atoms with Crippen LogP contribution in [-0.2, 0) is 13.5 Å². The Bertz CT molecular complexity index is 541. The largest absolute Gasteiger partial charge is 0.338 e. The van der Waals surface area contributed by atoms with Gasteiger partial charge in [-0.2, -0.15) is 0 Å². The molecule has 2 rings (SSSR count). The molecule has 1 unspecified atom stereocenters. The highest BCUT2D eigenvalue weighted by atomic mass is 32.2. The van der Waals surface area contributed by atoms with Crippen LogP contribution in [0, 0.1) is 5.82 Å². The smallest absolute Gasteiger partial charge is 0.124 e. The first-order valence-corrected chi connectivity index (χ1v) is 7.69. The summed E-state index contributed by atoms with van der Waals surface area (Å²) in [5.41, 5.74) is 0. The first-order chi connectivity index (χ1) is 9.69. The summed E-state index contributed by atoms with van der Waals surface area (Å²) in [5, 5.41) is 3.32. The highest BCUT2D eigenvalue weighted by molar-refractivity contribution is 7.99. The molecule has 1 aromatic carbocycles. The van der Waals surface area contributed by atoms with Crippen LogP contribution in [0.15, 0.2) is 41.6 Å². The van der Waals surface area contributed by atoms with Gasteiger partial charge in [0.15, 0.2) is 0 Å². The second kappa shape index (κ2) is 7.45. The summed E-state index contributed by atoms with van der Waals surface area (Å²) in [7, 11) is 3.98. The molecular weight excluding hydrogens is 273 g/mol. The molecule has 108 valence electrons. The van der Waals surface area contributed by atoms with Gasteiger partial charge in [-0.1, -0.05) is 6.07 Å². The van der Waals surface area contributed by atoms with E-state index in [-0.39, 0.29) is 5.82 Å². The zero-order chi connectivity index (χ0) is 14.4. The molecule has 5 heteroatoms. The van der Waals surface area contributed by atoms with Crippen molar-refractivity contribution in [3.05, 3.63) is 48.3 Å². The number of aromatic nitrogens is 2. The van der Waals surface area contributed by atoms with Crippen LogP contribution in [0.5, 0.6) is 0 Å². The molecule has 0 aliphatic rings. The number of imidazole rings is 1. The third-order valence-electron chi connectivity index (χ3n) is 3.29. The minimum absolute atomic E-state index is 0.177. The van der Waals surface area contributed by atoms with Crippen LogP contribution in [0.2, 0.25) is 0 Å². The van der Waals surface area contributed by atoms with E-state index in [9.17, 15) is 4.39 Å². The van der Waals surface area contributed by atoms with Gasteiger partial charge in [-0.25, -0.2) is 9.37 Å². The van der Waals surface area contributed by atoms with E-state index in [0.29, 0.717) is 6.04 Å². The number of benzene rings is 1. The molecule has 0 aliphatic heterocycles. The molecule has 0 spiro atoms. The maximum Gasteiger partial charge on any atom is 0.124 e. The Morgan fingerprint density at radius 1 is 1.45 bits per heavy atom. The minimum Gasteiger partial charge on any atom is -0.338 e. The maximum absolute atomic E-state index is 13.1. The molecule has 0 fully saturated rings. The Kier molecular flexibility index (Phi) is 5.61. The van der Waals surface area contributed by atoms with Crippen molar-refractivity contribution in [2.24, 2.45) is 7.05 Å². The molecule has 1 N–H and O–H groups in total. The fraction of sp³-hybridized carbons (Fsp3) is 0.400. The highest BCUT2D eigenvalue weighted by Crippen LogP contribution is 2.20. The Morgan fingerprint density at radius 2 is 2.30 bits per heavy atom. The molecule has 0 saturated heterocycles. The maximum atomic E-state index is 13.1. The van der Waals surface area contributed by atoms with Gasteiger partial charge in [0.2, 0.25) is 0 Å². The Balaban J connectivity index is 1.82. The average Bonchev–Trinajstić information content (AvgIpc) is 2.85. The summed E-state index contributed by atoms with van der Waals surface area (Å²) in [5.74, 6) is 1.84. The topological polar surface area (TPSA) is 29.9 Å². The third-order valence-corrected chi connectivity index (χ3v) is 4.45. The molecule has 2 aromatic rings. The average molecular weight is 293 g/mol. The van der Waals surface area contributed by atoms with Gasteiger partial charge in [0.05, 0.1) is 0 Å². The van der Waals surface area contributed by atoms with Crippen molar-refractivity contribution < 1.29 is 4.39 Å². The van der Waals surface area contributed by atoms with Crippen molar-refractivity contribution in [1.82, 2.24) is 14.9 Å². The molecule has 0 bridgehead atoms. The minimum atomic E-state index is -0.177. The van der Waals surface area contributed by atoms with E-state index in [1.165, 1.54) is 6.07 Å². The summed E-state index contributed by atoms with van der Waals surface area (Å²) in [6, 6.07) is 7.13. The van der Waals surface area contributed by atoms with Crippen LogP contribution in [0.1, 0.15) is 12.2 Å². The van der Waals surface area contributed by atoms with Crippen LogP contribution >= 0.6 is 11.8 Å². The van der Waals surface area contributed by atoms with Crippen LogP contribution in [0.4, 0.5) is 4.39 Å². The lowest BCUT2D eigenvalue weighted by Gasteiger charge is -2.15. The van der Waals surface area contributed by atoms with E-state index >= 15 is 0 Å². The van der Waals surface area contributed by atoms with E-state index in [1.54, 1.807) is 23.9 Å². The van der Waals surface area contributed by atoms with Crippen molar-refractivity contribution in [2.45, 2.75) is 23.8 Å². The zero-order valence-electron chi connectivity index (χ0n) is 11.8. The Hall–Kier alpha value is -1.33. The van der Waals surface area contributed by atoms with Crippen molar-refractivity contribution in [2.75, 3.05) is 12.8 Å². The lowest BCUT2D eigenvalue weighted by Crippen LogP contribution is -2.28. The van der Waals surface area contributed by atoms with E-state index in [1.807, 2.05) is 37.1 Å². The van der Waals surface area contributed by atoms with Gasteiger partial charge in [-0.15, -0.1) is 11.8 Å².